The summed E-state index contributed by atoms with van der Waals surface area (Å²) in [7, 11) is 1.35. The number of carbonyl (C=O) groups is 2. The monoisotopic (exact) mass is 322 g/mol. The van der Waals surface area contributed by atoms with Crippen LogP contribution in [0, 0.1) is 0 Å². The van der Waals surface area contributed by atoms with Gasteiger partial charge in [-0.05, 0) is 0 Å². The SMILES string of the molecule is COC(=O)C(Br)CNCCC(=O)N1CCOCC1. The fourth-order valence-corrected chi connectivity index (χ4v) is 2.02. The minimum atomic E-state index is -0.374. The molecule has 18 heavy (non-hydrogen) atoms. The summed E-state index contributed by atoms with van der Waals surface area (Å²) in [6.45, 7) is 3.57. The Hall–Kier alpha value is -0.660. The molecule has 0 radical (unpaired) electrons. The number of halogens is 1. The lowest BCUT2D eigenvalue weighted by molar-refractivity contribution is -0.139. The Labute approximate surface area is 115 Å². The lowest BCUT2D eigenvalue weighted by Crippen LogP contribution is -2.42. The molecule has 1 N–H and O–H groups in total. The van der Waals surface area contributed by atoms with Gasteiger partial charge < -0.3 is 19.7 Å². The Morgan fingerprint density at radius 3 is 2.72 bits per heavy atom. The predicted octanol–water partition coefficient (Wildman–Crippen LogP) is -0.239. The number of carbonyl (C=O) groups excluding carboxylic acids is 2. The van der Waals surface area contributed by atoms with Crippen molar-refractivity contribution in [2.45, 2.75) is 11.2 Å². The Morgan fingerprint density at radius 2 is 2.11 bits per heavy atom. The van der Waals surface area contributed by atoms with Crippen LogP contribution in [0.5, 0.6) is 0 Å². The van der Waals surface area contributed by atoms with Gasteiger partial charge in [0.15, 0.2) is 0 Å². The van der Waals surface area contributed by atoms with Crippen LogP contribution >= 0.6 is 15.9 Å². The zero-order chi connectivity index (χ0) is 13.4. The van der Waals surface area contributed by atoms with Crippen LogP contribution in [0.4, 0.5) is 0 Å². The van der Waals surface area contributed by atoms with Crippen LogP contribution in [0.1, 0.15) is 6.42 Å². The predicted molar refractivity (Wildman–Crippen MR) is 69.6 cm³/mol. The molecule has 1 atom stereocenters. The third-order valence-corrected chi connectivity index (χ3v) is 3.36. The molecule has 1 rings (SSSR count). The normalized spacial score (nSPS) is 17.3. The maximum atomic E-state index is 11.8. The first kappa shape index (κ1) is 15.4. The lowest BCUT2D eigenvalue weighted by Gasteiger charge is -2.26. The molecule has 0 bridgehead atoms. The van der Waals surface area contributed by atoms with E-state index in [1.165, 1.54) is 7.11 Å². The highest BCUT2D eigenvalue weighted by Gasteiger charge is 2.17. The molecular formula is C11H19BrN2O4. The number of methoxy groups -OCH3 is 1. The van der Waals surface area contributed by atoms with Crippen molar-refractivity contribution in [2.75, 3.05) is 46.5 Å². The Kier molecular flexibility index (Phi) is 7.22. The van der Waals surface area contributed by atoms with E-state index >= 15 is 0 Å². The molecule has 1 aliphatic heterocycles. The maximum Gasteiger partial charge on any atom is 0.320 e. The van der Waals surface area contributed by atoms with Crippen LogP contribution in [0.3, 0.4) is 0 Å². The second-order valence-electron chi connectivity index (χ2n) is 3.94. The molecule has 1 aliphatic rings. The van der Waals surface area contributed by atoms with Gasteiger partial charge in [-0.1, -0.05) is 15.9 Å². The number of esters is 1. The van der Waals surface area contributed by atoms with Crippen molar-refractivity contribution in [3.05, 3.63) is 0 Å². The first-order valence-electron chi connectivity index (χ1n) is 5.93. The van der Waals surface area contributed by atoms with E-state index in [2.05, 4.69) is 26.0 Å². The van der Waals surface area contributed by atoms with Crippen LogP contribution in [0.25, 0.3) is 0 Å². The van der Waals surface area contributed by atoms with Gasteiger partial charge in [-0.2, -0.15) is 0 Å². The quantitative estimate of drug-likeness (QED) is 0.415. The van der Waals surface area contributed by atoms with Crippen LogP contribution in [-0.2, 0) is 19.1 Å². The van der Waals surface area contributed by atoms with Crippen LogP contribution in [-0.4, -0.2) is 68.1 Å². The number of morpholine rings is 1. The highest BCUT2D eigenvalue weighted by atomic mass is 79.9. The maximum absolute atomic E-state index is 11.8. The Bertz CT molecular complexity index is 282. The lowest BCUT2D eigenvalue weighted by atomic mass is 10.3. The standard InChI is InChI=1S/C11H19BrN2O4/c1-17-11(16)9(12)8-13-3-2-10(15)14-4-6-18-7-5-14/h9,13H,2-8H2,1H3. The minimum absolute atomic E-state index is 0.120. The number of nitrogens with zero attached hydrogens (tertiary/aromatic N) is 1. The van der Waals surface area contributed by atoms with Crippen molar-refractivity contribution in [2.24, 2.45) is 0 Å². The summed E-state index contributed by atoms with van der Waals surface area (Å²) in [5.74, 6) is -0.197. The topological polar surface area (TPSA) is 67.9 Å². The first-order chi connectivity index (χ1) is 8.65. The van der Waals surface area contributed by atoms with Gasteiger partial charge in [-0.25, -0.2) is 0 Å². The summed E-state index contributed by atoms with van der Waals surface area (Å²) in [4.78, 5) is 24.3. The first-order valence-corrected chi connectivity index (χ1v) is 6.85. The Morgan fingerprint density at radius 1 is 1.44 bits per heavy atom. The van der Waals surface area contributed by atoms with Gasteiger partial charge in [0, 0.05) is 32.6 Å². The molecule has 6 nitrogen and oxygen atoms in total. The van der Waals surface area contributed by atoms with E-state index in [9.17, 15) is 9.59 Å². The summed E-state index contributed by atoms with van der Waals surface area (Å²) in [6, 6.07) is 0. The molecule has 0 spiro atoms. The van der Waals surface area contributed by atoms with Gasteiger partial charge in [0.25, 0.3) is 0 Å². The molecule has 0 aromatic carbocycles. The van der Waals surface area contributed by atoms with Crippen molar-refractivity contribution in [1.29, 1.82) is 0 Å². The molecular weight excluding hydrogens is 304 g/mol. The summed E-state index contributed by atoms with van der Waals surface area (Å²) in [5.41, 5.74) is 0. The second-order valence-corrected chi connectivity index (χ2v) is 5.04. The third-order valence-electron chi connectivity index (χ3n) is 2.66. The van der Waals surface area contributed by atoms with Crippen molar-refractivity contribution in [1.82, 2.24) is 10.2 Å². The summed E-state index contributed by atoms with van der Waals surface area (Å²) < 4.78 is 9.75. The number of alkyl halides is 1. The molecule has 1 heterocycles. The van der Waals surface area contributed by atoms with Crippen LogP contribution in [0.2, 0.25) is 0 Å². The van der Waals surface area contributed by atoms with Gasteiger partial charge in [-0.15, -0.1) is 0 Å². The molecule has 1 fully saturated rings. The highest BCUT2D eigenvalue weighted by Crippen LogP contribution is 2.01. The average molecular weight is 323 g/mol. The fourth-order valence-electron chi connectivity index (χ4n) is 1.61. The summed E-state index contributed by atoms with van der Waals surface area (Å²) >= 11 is 3.20. The van der Waals surface area contributed by atoms with E-state index in [-0.39, 0.29) is 16.7 Å². The Balaban J connectivity index is 2.10. The van der Waals surface area contributed by atoms with Crippen molar-refractivity contribution in [3.8, 4) is 0 Å². The van der Waals surface area contributed by atoms with E-state index in [4.69, 9.17) is 4.74 Å². The molecule has 104 valence electrons. The minimum Gasteiger partial charge on any atom is -0.468 e. The number of rotatable bonds is 6. The molecule has 0 aromatic rings. The van der Waals surface area contributed by atoms with Gasteiger partial charge in [0.2, 0.25) is 5.91 Å². The zero-order valence-corrected chi connectivity index (χ0v) is 12.1. The van der Waals surface area contributed by atoms with Gasteiger partial charge in [0.05, 0.1) is 20.3 Å². The second kappa shape index (κ2) is 8.44. The molecule has 0 aliphatic carbocycles. The fraction of sp³-hybridized carbons (Fsp3) is 0.818. The highest BCUT2D eigenvalue weighted by molar-refractivity contribution is 9.10. The number of nitrogens with one attached hydrogen (secondary N) is 1. The van der Waals surface area contributed by atoms with Crippen molar-refractivity contribution >= 4 is 27.8 Å². The largest absolute Gasteiger partial charge is 0.468 e. The summed E-state index contributed by atoms with van der Waals surface area (Å²) in [6.07, 6.45) is 0.431. The molecule has 0 aromatic heterocycles. The summed E-state index contributed by atoms with van der Waals surface area (Å²) in [5, 5.41) is 3.04. The number of hydrogen-bond acceptors (Lipinski definition) is 5. The van der Waals surface area contributed by atoms with E-state index in [1.54, 1.807) is 4.90 Å². The van der Waals surface area contributed by atoms with E-state index < -0.39 is 0 Å². The van der Waals surface area contributed by atoms with E-state index in [0.717, 1.165) is 0 Å². The number of ether oxygens (including phenoxy) is 2. The number of hydrogen-bond donors (Lipinski definition) is 1. The number of amides is 1. The molecule has 1 unspecified atom stereocenters. The van der Waals surface area contributed by atoms with E-state index in [0.29, 0.717) is 45.8 Å². The van der Waals surface area contributed by atoms with Crippen LogP contribution in [0.15, 0.2) is 0 Å². The van der Waals surface area contributed by atoms with E-state index in [1.807, 2.05) is 0 Å². The van der Waals surface area contributed by atoms with Crippen molar-refractivity contribution < 1.29 is 19.1 Å². The van der Waals surface area contributed by atoms with Crippen LogP contribution < -0.4 is 5.32 Å². The molecule has 7 heteroatoms. The van der Waals surface area contributed by atoms with Gasteiger partial charge in [0.1, 0.15) is 4.83 Å². The molecule has 1 saturated heterocycles. The smallest absolute Gasteiger partial charge is 0.320 e. The molecule has 0 saturated carbocycles. The average Bonchev–Trinajstić information content (AvgIpc) is 2.43. The third kappa shape index (κ3) is 5.32. The zero-order valence-electron chi connectivity index (χ0n) is 10.5. The molecule has 1 amide bonds. The van der Waals surface area contributed by atoms with Gasteiger partial charge >= 0.3 is 5.97 Å². The van der Waals surface area contributed by atoms with Crippen molar-refractivity contribution in [3.63, 3.8) is 0 Å². The van der Waals surface area contributed by atoms with Gasteiger partial charge in [-0.3, -0.25) is 9.59 Å².